The van der Waals surface area contributed by atoms with E-state index in [9.17, 15) is 9.90 Å². The zero-order chi connectivity index (χ0) is 14.8. The van der Waals surface area contributed by atoms with Crippen LogP contribution >= 0.6 is 0 Å². The third-order valence-corrected chi connectivity index (χ3v) is 3.08. The maximum Gasteiger partial charge on any atom is 0.306 e. The fraction of sp³-hybridized carbons (Fsp3) is 0.533. The van der Waals surface area contributed by atoms with E-state index in [1.54, 1.807) is 0 Å². The monoisotopic (exact) mass is 281 g/mol. The van der Waals surface area contributed by atoms with E-state index in [2.05, 4.69) is 0 Å². The van der Waals surface area contributed by atoms with Crippen LogP contribution in [0, 0.1) is 5.92 Å². The lowest BCUT2D eigenvalue weighted by Crippen LogP contribution is -2.25. The van der Waals surface area contributed by atoms with Gasteiger partial charge in [-0.2, -0.15) is 0 Å². The van der Waals surface area contributed by atoms with Crippen LogP contribution in [0.1, 0.15) is 24.8 Å². The molecule has 0 aromatic heterocycles. The second kappa shape index (κ2) is 9.47. The van der Waals surface area contributed by atoms with Crippen LogP contribution in [0.2, 0.25) is 0 Å². The van der Waals surface area contributed by atoms with Gasteiger partial charge in [-0.3, -0.25) is 4.79 Å². The van der Waals surface area contributed by atoms with Crippen LogP contribution in [-0.4, -0.2) is 35.4 Å². The largest absolute Gasteiger partial charge is 0.481 e. The first-order valence-corrected chi connectivity index (χ1v) is 6.86. The lowest BCUT2D eigenvalue weighted by molar-refractivity contribution is -0.143. The molecule has 1 rings (SSSR count). The number of hydrogen-bond donors (Lipinski definition) is 3. The molecule has 0 bridgehead atoms. The van der Waals surface area contributed by atoms with E-state index in [0.29, 0.717) is 26.0 Å². The lowest BCUT2D eigenvalue weighted by atomic mass is 9.96. The van der Waals surface area contributed by atoms with Crippen molar-refractivity contribution in [2.45, 2.75) is 32.0 Å². The Labute approximate surface area is 119 Å². The summed E-state index contributed by atoms with van der Waals surface area (Å²) in [5.41, 5.74) is 6.40. The maximum absolute atomic E-state index is 11.0. The summed E-state index contributed by atoms with van der Waals surface area (Å²) in [6.07, 6.45) is 0.567. The molecule has 0 spiro atoms. The predicted octanol–water partition coefficient (Wildman–Crippen LogP) is 1.39. The summed E-state index contributed by atoms with van der Waals surface area (Å²) in [5.74, 6) is -1.45. The number of hydrogen-bond acceptors (Lipinski definition) is 4. The number of benzene rings is 1. The summed E-state index contributed by atoms with van der Waals surface area (Å²) in [6.45, 7) is 1.02. The Morgan fingerprint density at radius 3 is 2.60 bits per heavy atom. The average Bonchev–Trinajstić information content (AvgIpc) is 2.44. The van der Waals surface area contributed by atoms with Gasteiger partial charge >= 0.3 is 5.97 Å². The molecule has 2 unspecified atom stereocenters. The Kier molecular flexibility index (Phi) is 7.87. The molecule has 0 aliphatic heterocycles. The highest BCUT2D eigenvalue weighted by Crippen LogP contribution is 2.14. The molecule has 0 aliphatic rings. The Balaban J connectivity index is 2.27. The smallest absolute Gasteiger partial charge is 0.306 e. The van der Waals surface area contributed by atoms with Crippen LogP contribution < -0.4 is 5.73 Å². The Hall–Kier alpha value is -1.43. The molecule has 0 aliphatic carbocycles. The highest BCUT2D eigenvalue weighted by molar-refractivity contribution is 5.69. The van der Waals surface area contributed by atoms with Gasteiger partial charge in [-0.05, 0) is 31.4 Å². The lowest BCUT2D eigenvalue weighted by Gasteiger charge is -2.16. The molecule has 0 saturated carbocycles. The third-order valence-electron chi connectivity index (χ3n) is 3.08. The summed E-state index contributed by atoms with van der Waals surface area (Å²) < 4.78 is 5.40. The Bertz CT molecular complexity index is 383. The minimum atomic E-state index is -0.888. The van der Waals surface area contributed by atoms with Gasteiger partial charge in [0.05, 0.1) is 25.2 Å². The Morgan fingerprint density at radius 1 is 1.30 bits per heavy atom. The SMILES string of the molecule is NCCCC(CC(O)COCc1ccccc1)C(=O)O. The van der Waals surface area contributed by atoms with Crippen LogP contribution in [-0.2, 0) is 16.1 Å². The standard InChI is InChI=1S/C15H23NO4/c16-8-4-7-13(15(18)19)9-14(17)11-20-10-12-5-2-1-3-6-12/h1-3,5-6,13-14,17H,4,7-11,16H2,(H,18,19). The van der Waals surface area contributed by atoms with Gasteiger partial charge < -0.3 is 20.7 Å². The molecule has 0 heterocycles. The predicted molar refractivity (Wildman–Crippen MR) is 76.1 cm³/mol. The zero-order valence-corrected chi connectivity index (χ0v) is 11.6. The molecule has 0 saturated heterocycles. The van der Waals surface area contributed by atoms with Crippen molar-refractivity contribution in [2.75, 3.05) is 13.2 Å². The molecule has 2 atom stereocenters. The summed E-state index contributed by atoms with van der Waals surface area (Å²) in [5, 5.41) is 18.9. The molecule has 0 radical (unpaired) electrons. The topological polar surface area (TPSA) is 92.8 Å². The molecule has 5 heteroatoms. The fourth-order valence-electron chi connectivity index (χ4n) is 1.99. The molecular weight excluding hydrogens is 258 g/mol. The summed E-state index contributed by atoms with van der Waals surface area (Å²) >= 11 is 0. The van der Waals surface area contributed by atoms with Gasteiger partial charge in [0.15, 0.2) is 0 Å². The first kappa shape index (κ1) is 16.6. The minimum Gasteiger partial charge on any atom is -0.481 e. The fourth-order valence-corrected chi connectivity index (χ4v) is 1.99. The number of ether oxygens (including phenoxy) is 1. The first-order valence-electron chi connectivity index (χ1n) is 6.86. The molecular formula is C15H23NO4. The van der Waals surface area contributed by atoms with Crippen molar-refractivity contribution in [3.8, 4) is 0 Å². The second-order valence-electron chi connectivity index (χ2n) is 4.86. The third kappa shape index (κ3) is 6.65. The van der Waals surface area contributed by atoms with E-state index in [4.69, 9.17) is 15.6 Å². The van der Waals surface area contributed by atoms with Gasteiger partial charge in [-0.25, -0.2) is 0 Å². The van der Waals surface area contributed by atoms with Gasteiger partial charge in [-0.1, -0.05) is 30.3 Å². The number of carboxylic acids is 1. The molecule has 20 heavy (non-hydrogen) atoms. The minimum absolute atomic E-state index is 0.140. The van der Waals surface area contributed by atoms with Crippen LogP contribution in [0.15, 0.2) is 30.3 Å². The maximum atomic E-state index is 11.0. The quantitative estimate of drug-likeness (QED) is 0.602. The summed E-state index contributed by atoms with van der Waals surface area (Å²) in [4.78, 5) is 11.0. The van der Waals surface area contributed by atoms with E-state index in [0.717, 1.165) is 5.56 Å². The van der Waals surface area contributed by atoms with Crippen molar-refractivity contribution in [2.24, 2.45) is 11.7 Å². The van der Waals surface area contributed by atoms with Gasteiger partial charge in [0, 0.05) is 0 Å². The zero-order valence-electron chi connectivity index (χ0n) is 11.6. The van der Waals surface area contributed by atoms with Crippen LogP contribution in [0.5, 0.6) is 0 Å². The van der Waals surface area contributed by atoms with Crippen molar-refractivity contribution in [3.05, 3.63) is 35.9 Å². The second-order valence-corrected chi connectivity index (χ2v) is 4.86. The molecule has 5 nitrogen and oxygen atoms in total. The van der Waals surface area contributed by atoms with Gasteiger partial charge in [0.1, 0.15) is 0 Å². The van der Waals surface area contributed by atoms with Crippen LogP contribution in [0.25, 0.3) is 0 Å². The number of aliphatic hydroxyl groups excluding tert-OH is 1. The van der Waals surface area contributed by atoms with Gasteiger partial charge in [0.2, 0.25) is 0 Å². The van der Waals surface area contributed by atoms with Crippen molar-refractivity contribution in [3.63, 3.8) is 0 Å². The van der Waals surface area contributed by atoms with Crippen molar-refractivity contribution in [1.29, 1.82) is 0 Å². The normalized spacial score (nSPS) is 13.9. The van der Waals surface area contributed by atoms with Crippen LogP contribution in [0.3, 0.4) is 0 Å². The highest BCUT2D eigenvalue weighted by atomic mass is 16.5. The van der Waals surface area contributed by atoms with E-state index >= 15 is 0 Å². The number of carbonyl (C=O) groups is 1. The van der Waals surface area contributed by atoms with E-state index < -0.39 is 18.0 Å². The number of rotatable bonds is 10. The molecule has 0 amide bonds. The molecule has 112 valence electrons. The number of aliphatic carboxylic acids is 1. The summed E-state index contributed by atoms with van der Waals surface area (Å²) in [6, 6.07) is 9.64. The molecule has 1 aromatic carbocycles. The van der Waals surface area contributed by atoms with Gasteiger partial charge in [-0.15, -0.1) is 0 Å². The highest BCUT2D eigenvalue weighted by Gasteiger charge is 2.20. The number of nitrogens with two attached hydrogens (primary N) is 1. The van der Waals surface area contributed by atoms with Crippen molar-refractivity contribution in [1.82, 2.24) is 0 Å². The van der Waals surface area contributed by atoms with E-state index in [1.165, 1.54) is 0 Å². The first-order chi connectivity index (χ1) is 9.63. The molecule has 1 aromatic rings. The molecule has 0 fully saturated rings. The number of aliphatic hydroxyl groups is 1. The number of carboxylic acid groups (broad SMARTS) is 1. The van der Waals surface area contributed by atoms with E-state index in [-0.39, 0.29) is 13.0 Å². The van der Waals surface area contributed by atoms with Crippen molar-refractivity contribution >= 4 is 5.97 Å². The molecule has 4 N–H and O–H groups in total. The van der Waals surface area contributed by atoms with E-state index in [1.807, 2.05) is 30.3 Å². The average molecular weight is 281 g/mol. The Morgan fingerprint density at radius 2 is 2.00 bits per heavy atom. The van der Waals surface area contributed by atoms with Gasteiger partial charge in [0.25, 0.3) is 0 Å². The summed E-state index contributed by atoms with van der Waals surface area (Å²) in [7, 11) is 0. The van der Waals surface area contributed by atoms with Crippen LogP contribution in [0.4, 0.5) is 0 Å². The van der Waals surface area contributed by atoms with Crippen molar-refractivity contribution < 1.29 is 19.7 Å².